The van der Waals surface area contributed by atoms with Gasteiger partial charge in [-0.15, -0.1) is 0 Å². The predicted octanol–water partition coefficient (Wildman–Crippen LogP) is 2.51. The summed E-state index contributed by atoms with van der Waals surface area (Å²) in [5, 5.41) is 11.3. The highest BCUT2D eigenvalue weighted by Gasteiger charge is 2.38. The number of hydrogen-bond acceptors (Lipinski definition) is 3. The third-order valence-electron chi connectivity index (χ3n) is 3.58. The lowest BCUT2D eigenvalue weighted by atomic mass is 10.0. The lowest BCUT2D eigenvalue weighted by Gasteiger charge is -2.30. The molecular weight excluding hydrogens is 321 g/mol. The van der Waals surface area contributed by atoms with Crippen LogP contribution in [0.1, 0.15) is 11.1 Å². The van der Waals surface area contributed by atoms with E-state index in [1.165, 1.54) is 30.8 Å². The molecular formula is C14H16ClF3N2O2. The van der Waals surface area contributed by atoms with Crippen molar-refractivity contribution in [1.82, 2.24) is 10.2 Å². The fourth-order valence-corrected chi connectivity index (χ4v) is 2.60. The number of carbonyl (C=O) groups is 1. The Labute approximate surface area is 130 Å². The van der Waals surface area contributed by atoms with E-state index in [2.05, 4.69) is 22.3 Å². The summed E-state index contributed by atoms with van der Waals surface area (Å²) in [5.74, 6) is -1.90. The molecule has 1 aromatic rings. The van der Waals surface area contributed by atoms with E-state index in [0.717, 1.165) is 24.0 Å². The minimum atomic E-state index is -5.08. The van der Waals surface area contributed by atoms with Crippen LogP contribution >= 0.6 is 11.6 Å². The number of nitrogens with zero attached hydrogens (tertiary/aromatic N) is 1. The predicted molar refractivity (Wildman–Crippen MR) is 75.6 cm³/mol. The third-order valence-corrected chi connectivity index (χ3v) is 3.82. The molecule has 1 aromatic carbocycles. The van der Waals surface area contributed by atoms with E-state index in [9.17, 15) is 13.2 Å². The molecule has 22 heavy (non-hydrogen) atoms. The zero-order valence-electron chi connectivity index (χ0n) is 11.7. The first-order valence-corrected chi connectivity index (χ1v) is 7.14. The van der Waals surface area contributed by atoms with Gasteiger partial charge in [0.1, 0.15) is 0 Å². The fourth-order valence-electron chi connectivity index (χ4n) is 2.41. The average molecular weight is 337 g/mol. The molecule has 0 amide bonds. The summed E-state index contributed by atoms with van der Waals surface area (Å²) in [6.45, 7) is 5.77. The van der Waals surface area contributed by atoms with E-state index in [4.69, 9.17) is 21.5 Å². The summed E-state index contributed by atoms with van der Waals surface area (Å²) in [6.07, 6.45) is -5.08. The molecule has 8 heteroatoms. The molecule has 0 atom stereocenters. The van der Waals surface area contributed by atoms with Crippen molar-refractivity contribution >= 4 is 17.6 Å². The van der Waals surface area contributed by atoms with Crippen LogP contribution < -0.4 is 5.32 Å². The molecule has 0 bridgehead atoms. The zero-order chi connectivity index (χ0) is 16.3. The Bertz CT molecular complexity index is 547. The van der Waals surface area contributed by atoms with E-state index >= 15 is 0 Å². The van der Waals surface area contributed by atoms with Crippen LogP contribution in [-0.2, 0) is 17.9 Å². The Hall–Kier alpha value is -1.31. The molecule has 0 radical (unpaired) electrons. The summed E-state index contributed by atoms with van der Waals surface area (Å²) in [7, 11) is 0. The number of nitrogens with one attached hydrogen (secondary N) is 1. The van der Waals surface area contributed by atoms with Gasteiger partial charge in [-0.3, -0.25) is 4.90 Å². The number of rotatable bonds is 2. The molecule has 3 rings (SSSR count). The number of benzene rings is 1. The largest absolute Gasteiger partial charge is 0.490 e. The van der Waals surface area contributed by atoms with Crippen LogP contribution in [0.3, 0.4) is 0 Å². The summed E-state index contributed by atoms with van der Waals surface area (Å²) < 4.78 is 31.7. The van der Waals surface area contributed by atoms with Crippen LogP contribution in [0.5, 0.6) is 0 Å². The van der Waals surface area contributed by atoms with Crippen LogP contribution in [0.2, 0.25) is 5.02 Å². The molecule has 0 spiro atoms. The number of halogens is 4. The normalized spacial score (nSPS) is 18.2. The number of hydrogen-bond donors (Lipinski definition) is 2. The second-order valence-electron chi connectivity index (χ2n) is 5.41. The quantitative estimate of drug-likeness (QED) is 0.871. The van der Waals surface area contributed by atoms with Crippen molar-refractivity contribution in [2.45, 2.75) is 19.3 Å². The monoisotopic (exact) mass is 336 g/mol. The SMILES string of the molecule is Clc1ccc2c(c1)CN(CC1CNC1)C2.O=C(O)C(F)(F)F. The van der Waals surface area contributed by atoms with Crippen molar-refractivity contribution in [3.63, 3.8) is 0 Å². The maximum atomic E-state index is 10.6. The van der Waals surface area contributed by atoms with Crippen molar-refractivity contribution in [3.8, 4) is 0 Å². The number of carboxylic acids is 1. The van der Waals surface area contributed by atoms with Crippen LogP contribution in [0.4, 0.5) is 13.2 Å². The van der Waals surface area contributed by atoms with Gasteiger partial charge in [0.2, 0.25) is 0 Å². The number of alkyl halides is 3. The molecule has 0 unspecified atom stereocenters. The second kappa shape index (κ2) is 6.85. The minimum absolute atomic E-state index is 0.856. The Balaban J connectivity index is 0.000000217. The topological polar surface area (TPSA) is 52.6 Å². The molecule has 0 saturated carbocycles. The van der Waals surface area contributed by atoms with E-state index in [1.807, 2.05) is 6.07 Å². The standard InChI is InChI=1S/C12H15ClN2.C2HF3O2/c13-12-2-1-10-7-15(8-11(10)3-12)6-9-4-14-5-9;3-2(4,5)1(6)7/h1-3,9,14H,4-8H2;(H,6,7). The van der Waals surface area contributed by atoms with E-state index in [0.29, 0.717) is 0 Å². The van der Waals surface area contributed by atoms with Crippen LogP contribution in [0.25, 0.3) is 0 Å². The van der Waals surface area contributed by atoms with Crippen molar-refractivity contribution in [3.05, 3.63) is 34.3 Å². The summed E-state index contributed by atoms with van der Waals surface area (Å²) in [5.41, 5.74) is 2.86. The van der Waals surface area contributed by atoms with Crippen LogP contribution in [0, 0.1) is 5.92 Å². The molecule has 2 aliphatic rings. The highest BCUT2D eigenvalue weighted by Crippen LogP contribution is 2.26. The van der Waals surface area contributed by atoms with Gasteiger partial charge in [0, 0.05) is 37.7 Å². The number of aliphatic carboxylic acids is 1. The molecule has 122 valence electrons. The average Bonchev–Trinajstić information content (AvgIpc) is 2.75. The number of carboxylic acid groups (broad SMARTS) is 1. The van der Waals surface area contributed by atoms with Gasteiger partial charge in [0.15, 0.2) is 0 Å². The minimum Gasteiger partial charge on any atom is -0.475 e. The Kier molecular flexibility index (Phi) is 5.31. The maximum Gasteiger partial charge on any atom is 0.490 e. The van der Waals surface area contributed by atoms with Gasteiger partial charge in [0.25, 0.3) is 0 Å². The van der Waals surface area contributed by atoms with Crippen LogP contribution in [0.15, 0.2) is 18.2 Å². The molecule has 4 nitrogen and oxygen atoms in total. The van der Waals surface area contributed by atoms with E-state index < -0.39 is 12.1 Å². The van der Waals surface area contributed by atoms with Crippen molar-refractivity contribution in [2.24, 2.45) is 5.92 Å². The van der Waals surface area contributed by atoms with Crippen molar-refractivity contribution in [1.29, 1.82) is 0 Å². The van der Waals surface area contributed by atoms with E-state index in [-0.39, 0.29) is 0 Å². The summed E-state index contributed by atoms with van der Waals surface area (Å²) in [4.78, 5) is 11.4. The summed E-state index contributed by atoms with van der Waals surface area (Å²) in [6, 6.07) is 6.27. The van der Waals surface area contributed by atoms with Gasteiger partial charge in [0.05, 0.1) is 0 Å². The van der Waals surface area contributed by atoms with Crippen molar-refractivity contribution in [2.75, 3.05) is 19.6 Å². The van der Waals surface area contributed by atoms with Gasteiger partial charge in [-0.25, -0.2) is 4.79 Å². The maximum absolute atomic E-state index is 10.6. The van der Waals surface area contributed by atoms with Gasteiger partial charge < -0.3 is 10.4 Å². The third kappa shape index (κ3) is 4.59. The molecule has 1 fully saturated rings. The van der Waals surface area contributed by atoms with Crippen molar-refractivity contribution < 1.29 is 23.1 Å². The smallest absolute Gasteiger partial charge is 0.475 e. The lowest BCUT2D eigenvalue weighted by Crippen LogP contribution is -2.47. The van der Waals surface area contributed by atoms with Gasteiger partial charge in [-0.05, 0) is 29.2 Å². The first-order chi connectivity index (χ1) is 10.3. The molecule has 1 saturated heterocycles. The Morgan fingerprint density at radius 2 is 1.91 bits per heavy atom. The molecule has 2 aliphatic heterocycles. The lowest BCUT2D eigenvalue weighted by molar-refractivity contribution is -0.192. The molecule has 0 aromatic heterocycles. The fraction of sp³-hybridized carbons (Fsp3) is 0.500. The first kappa shape index (κ1) is 17.1. The van der Waals surface area contributed by atoms with E-state index in [1.54, 1.807) is 0 Å². The van der Waals surface area contributed by atoms with Gasteiger partial charge in [-0.2, -0.15) is 13.2 Å². The summed E-state index contributed by atoms with van der Waals surface area (Å²) >= 11 is 5.99. The molecule has 2 heterocycles. The zero-order valence-corrected chi connectivity index (χ0v) is 12.4. The second-order valence-corrected chi connectivity index (χ2v) is 5.85. The highest BCUT2D eigenvalue weighted by molar-refractivity contribution is 6.30. The Morgan fingerprint density at radius 1 is 1.32 bits per heavy atom. The molecule has 2 N–H and O–H groups in total. The van der Waals surface area contributed by atoms with Gasteiger partial charge >= 0.3 is 12.1 Å². The Morgan fingerprint density at radius 3 is 2.41 bits per heavy atom. The number of fused-ring (bicyclic) bond motifs is 1. The highest BCUT2D eigenvalue weighted by atomic mass is 35.5. The first-order valence-electron chi connectivity index (χ1n) is 6.76. The molecule has 0 aliphatic carbocycles. The van der Waals surface area contributed by atoms with Gasteiger partial charge in [-0.1, -0.05) is 17.7 Å². The van der Waals surface area contributed by atoms with Crippen LogP contribution in [-0.4, -0.2) is 41.8 Å².